The summed E-state index contributed by atoms with van der Waals surface area (Å²) in [5.41, 5.74) is -0.127. The van der Waals surface area contributed by atoms with Gasteiger partial charge in [0, 0.05) is 17.1 Å². The fraction of sp³-hybridized carbons (Fsp3) is 0.333. The van der Waals surface area contributed by atoms with Gasteiger partial charge in [0.2, 0.25) is 5.92 Å². The minimum Gasteiger partial charge on any atom is -0.406 e. The molecular weight excluding hydrogens is 443 g/mol. The van der Waals surface area contributed by atoms with Gasteiger partial charge in [-0.25, -0.2) is 0 Å². The average Bonchev–Trinajstić information content (AvgIpc) is 2.83. The molecule has 0 bridgehead atoms. The highest BCUT2D eigenvalue weighted by Gasteiger charge is 2.61. The third kappa shape index (κ3) is 5.98. The molecular formula is C15H9F9N2O2S. The monoisotopic (exact) mass is 452 g/mol. The van der Waals surface area contributed by atoms with Crippen LogP contribution >= 0.6 is 11.3 Å². The Balaban J connectivity index is 2.53. The van der Waals surface area contributed by atoms with Crippen LogP contribution in [0.25, 0.3) is 5.69 Å². The molecule has 1 heterocycles. The molecule has 0 spiro atoms. The van der Waals surface area contributed by atoms with E-state index in [-0.39, 0.29) is 5.69 Å². The second kappa shape index (κ2) is 7.72. The highest BCUT2D eigenvalue weighted by molar-refractivity contribution is 7.09. The first-order valence-corrected chi connectivity index (χ1v) is 8.17. The zero-order valence-corrected chi connectivity index (χ0v) is 14.8. The molecule has 0 atom stereocenters. The van der Waals surface area contributed by atoms with Gasteiger partial charge in [0.25, 0.3) is 5.91 Å². The Morgan fingerprint density at radius 1 is 1.07 bits per heavy atom. The average molecular weight is 452 g/mol. The summed E-state index contributed by atoms with van der Waals surface area (Å²) >= 11 is 0.573. The molecule has 1 aromatic carbocycles. The van der Waals surface area contributed by atoms with Crippen molar-refractivity contribution in [1.29, 1.82) is 0 Å². The van der Waals surface area contributed by atoms with Gasteiger partial charge in [-0.3, -0.25) is 9.36 Å². The lowest BCUT2D eigenvalue weighted by Crippen LogP contribution is -2.42. The highest BCUT2D eigenvalue weighted by Crippen LogP contribution is 2.40. The molecule has 1 aromatic heterocycles. The summed E-state index contributed by atoms with van der Waals surface area (Å²) in [6.45, 7) is 1.41. The molecule has 0 aliphatic heterocycles. The van der Waals surface area contributed by atoms with Crippen molar-refractivity contribution in [3.8, 4) is 11.4 Å². The van der Waals surface area contributed by atoms with Crippen LogP contribution in [0.1, 0.15) is 4.88 Å². The van der Waals surface area contributed by atoms with Gasteiger partial charge in [0.15, 0.2) is 4.80 Å². The van der Waals surface area contributed by atoms with Crippen LogP contribution in [0.3, 0.4) is 0 Å². The summed E-state index contributed by atoms with van der Waals surface area (Å²) < 4.78 is 118. The van der Waals surface area contributed by atoms with E-state index in [1.165, 1.54) is 19.2 Å². The maximum Gasteiger partial charge on any atom is 0.573 e. The zero-order chi connectivity index (χ0) is 22.2. The van der Waals surface area contributed by atoms with Crippen molar-refractivity contribution in [2.75, 3.05) is 0 Å². The van der Waals surface area contributed by atoms with E-state index in [9.17, 15) is 44.3 Å². The van der Waals surface area contributed by atoms with Gasteiger partial charge in [0.1, 0.15) is 5.75 Å². The number of hydrogen-bond acceptors (Lipinski definition) is 3. The van der Waals surface area contributed by atoms with E-state index >= 15 is 0 Å². The van der Waals surface area contributed by atoms with Crippen LogP contribution in [0.15, 0.2) is 35.5 Å². The molecule has 0 saturated carbocycles. The Bertz CT molecular complexity index is 940. The smallest absolute Gasteiger partial charge is 0.406 e. The Labute approximate surface area is 159 Å². The van der Waals surface area contributed by atoms with Crippen molar-refractivity contribution >= 4 is 17.2 Å². The molecule has 0 radical (unpaired) electrons. The van der Waals surface area contributed by atoms with Crippen LogP contribution in [0.4, 0.5) is 39.5 Å². The maximum atomic E-state index is 12.7. The van der Waals surface area contributed by atoms with Crippen LogP contribution in [-0.2, 0) is 4.79 Å². The van der Waals surface area contributed by atoms with Crippen LogP contribution < -0.4 is 9.54 Å². The van der Waals surface area contributed by atoms with E-state index in [1.807, 2.05) is 0 Å². The number of halogens is 9. The van der Waals surface area contributed by atoms with Gasteiger partial charge < -0.3 is 4.74 Å². The number of thiazole rings is 1. The minimum absolute atomic E-state index is 0.127. The van der Waals surface area contributed by atoms with Crippen molar-refractivity contribution in [3.63, 3.8) is 0 Å². The molecule has 1 amide bonds. The van der Waals surface area contributed by atoms with E-state index in [1.54, 1.807) is 0 Å². The third-order valence-corrected chi connectivity index (χ3v) is 4.10. The van der Waals surface area contributed by atoms with Crippen molar-refractivity contribution in [3.05, 3.63) is 40.1 Å². The lowest BCUT2D eigenvalue weighted by molar-refractivity contribution is -0.275. The highest BCUT2D eigenvalue weighted by atomic mass is 32.1. The van der Waals surface area contributed by atoms with Crippen molar-refractivity contribution in [2.45, 2.75) is 25.6 Å². The van der Waals surface area contributed by atoms with Crippen LogP contribution in [0.5, 0.6) is 5.75 Å². The lowest BCUT2D eigenvalue weighted by atomic mass is 10.1. The molecule has 29 heavy (non-hydrogen) atoms. The number of carbonyl (C=O) groups excluding carboxylic acids is 1. The van der Waals surface area contributed by atoms with Crippen molar-refractivity contribution in [1.82, 2.24) is 4.57 Å². The molecule has 160 valence electrons. The minimum atomic E-state index is -5.92. The van der Waals surface area contributed by atoms with Crippen molar-refractivity contribution in [2.24, 2.45) is 10.9 Å². The molecule has 14 heteroatoms. The van der Waals surface area contributed by atoms with E-state index in [4.69, 9.17) is 0 Å². The Morgan fingerprint density at radius 2 is 1.66 bits per heavy atom. The first-order valence-electron chi connectivity index (χ1n) is 7.35. The Kier molecular flexibility index (Phi) is 6.07. The largest absolute Gasteiger partial charge is 0.573 e. The Hall–Kier alpha value is -2.51. The van der Waals surface area contributed by atoms with E-state index in [0.29, 0.717) is 16.2 Å². The second-order valence-corrected chi connectivity index (χ2v) is 6.72. The lowest BCUT2D eigenvalue weighted by Gasteiger charge is -2.19. The van der Waals surface area contributed by atoms with E-state index < -0.39 is 41.1 Å². The number of ether oxygens (including phenoxy) is 1. The predicted octanol–water partition coefficient (Wildman–Crippen LogP) is 4.91. The summed E-state index contributed by atoms with van der Waals surface area (Å²) in [5.74, 6) is -7.51. The number of alkyl halides is 9. The molecule has 0 N–H and O–H groups in total. The fourth-order valence-corrected chi connectivity index (χ4v) is 3.01. The number of aryl methyl sites for hydroxylation is 1. The third-order valence-electron chi connectivity index (χ3n) is 3.21. The van der Waals surface area contributed by atoms with Gasteiger partial charge in [-0.1, -0.05) is 6.07 Å². The number of rotatable bonds is 3. The van der Waals surface area contributed by atoms with Gasteiger partial charge in [0.05, 0.1) is 5.69 Å². The van der Waals surface area contributed by atoms with Gasteiger partial charge in [-0.15, -0.1) is 24.5 Å². The summed E-state index contributed by atoms with van der Waals surface area (Å²) in [6, 6.07) is 4.07. The number of aromatic nitrogens is 1. The first-order chi connectivity index (χ1) is 13.1. The van der Waals surface area contributed by atoms with Gasteiger partial charge in [-0.05, 0) is 19.1 Å². The van der Waals surface area contributed by atoms with E-state index in [0.717, 1.165) is 22.8 Å². The molecule has 0 fully saturated rings. The summed E-state index contributed by atoms with van der Waals surface area (Å²) in [7, 11) is 0. The second-order valence-electron chi connectivity index (χ2n) is 5.51. The van der Waals surface area contributed by atoms with Gasteiger partial charge in [-0.2, -0.15) is 31.3 Å². The molecule has 2 rings (SSSR count). The summed E-state index contributed by atoms with van der Waals surface area (Å²) in [4.78, 5) is 14.3. The SMILES string of the molecule is Cc1cn(-c2cccc(OC(F)(F)F)c2)c(=NC(=O)C(C(F)(F)F)C(F)(F)F)s1. The van der Waals surface area contributed by atoms with Gasteiger partial charge >= 0.3 is 18.7 Å². The van der Waals surface area contributed by atoms with Crippen LogP contribution in [0, 0.1) is 12.8 Å². The normalized spacial score (nSPS) is 13.8. The molecule has 4 nitrogen and oxygen atoms in total. The quantitative estimate of drug-likeness (QED) is 0.621. The van der Waals surface area contributed by atoms with Crippen molar-refractivity contribution < 1.29 is 49.0 Å². The Morgan fingerprint density at radius 3 is 2.17 bits per heavy atom. The maximum absolute atomic E-state index is 12.7. The summed E-state index contributed by atoms with van der Waals surface area (Å²) in [6.07, 6.45) is -15.7. The molecule has 0 aliphatic carbocycles. The number of carbonyl (C=O) groups is 1. The predicted molar refractivity (Wildman–Crippen MR) is 81.2 cm³/mol. The number of amides is 1. The molecule has 0 aliphatic rings. The van der Waals surface area contributed by atoms with E-state index in [2.05, 4.69) is 9.73 Å². The fourth-order valence-electron chi connectivity index (χ4n) is 2.17. The number of nitrogens with zero attached hydrogens (tertiary/aromatic N) is 2. The summed E-state index contributed by atoms with van der Waals surface area (Å²) in [5, 5.41) is 0. The molecule has 0 unspecified atom stereocenters. The standard InChI is InChI=1S/C15H9F9N2O2S/c1-7-6-26(8-3-2-4-9(5-8)28-15(22,23)24)12(29-7)25-11(27)10(13(16,17)18)14(19,20)21/h2-6,10H,1H3. The topological polar surface area (TPSA) is 43.6 Å². The van der Waals surface area contributed by atoms with Crippen LogP contribution in [0.2, 0.25) is 0 Å². The first kappa shape index (κ1) is 22.8. The zero-order valence-electron chi connectivity index (χ0n) is 14.0. The van der Waals surface area contributed by atoms with Crippen LogP contribution in [-0.4, -0.2) is 29.2 Å². The molecule has 2 aromatic rings. The molecule has 0 saturated heterocycles. The number of hydrogen-bond donors (Lipinski definition) is 0. The number of benzene rings is 1.